The lowest BCUT2D eigenvalue weighted by Gasteiger charge is -2.26. The number of hydrogen-bond donors (Lipinski definition) is 1. The number of carbonyl (C=O) groups excluding carboxylic acids is 1. The van der Waals surface area contributed by atoms with Crippen LogP contribution in [0.25, 0.3) is 0 Å². The minimum Gasteiger partial charge on any atom is -0.376 e. The molecular formula is C11H14BrNO2S2. The normalized spacial score (nSPS) is 23.9. The monoisotopic (exact) mass is 335 g/mol. The second kappa shape index (κ2) is 5.73. The van der Waals surface area contributed by atoms with Gasteiger partial charge < -0.3 is 10.1 Å². The Morgan fingerprint density at radius 1 is 1.71 bits per heavy atom. The number of halogens is 1. The first-order chi connectivity index (χ1) is 8.15. The molecule has 1 saturated heterocycles. The van der Waals surface area contributed by atoms with Crippen molar-refractivity contribution in [1.29, 1.82) is 0 Å². The lowest BCUT2D eigenvalue weighted by molar-refractivity contribution is 0.0137. The van der Waals surface area contributed by atoms with Gasteiger partial charge in [0.2, 0.25) is 0 Å². The van der Waals surface area contributed by atoms with Gasteiger partial charge in [0.15, 0.2) is 0 Å². The number of methoxy groups -OCH3 is 1. The van der Waals surface area contributed by atoms with Gasteiger partial charge in [-0.05, 0) is 34.2 Å². The van der Waals surface area contributed by atoms with Gasteiger partial charge in [0, 0.05) is 29.3 Å². The second-order valence-corrected chi connectivity index (χ2v) is 6.93. The Morgan fingerprint density at radius 3 is 3.06 bits per heavy atom. The van der Waals surface area contributed by atoms with E-state index < -0.39 is 0 Å². The summed E-state index contributed by atoms with van der Waals surface area (Å²) in [6.07, 6.45) is 1.00. The highest BCUT2D eigenvalue weighted by molar-refractivity contribution is 9.10. The quantitative estimate of drug-likeness (QED) is 0.919. The fraction of sp³-hybridized carbons (Fsp3) is 0.545. The van der Waals surface area contributed by atoms with E-state index in [-0.39, 0.29) is 11.5 Å². The third-order valence-corrected chi connectivity index (χ3v) is 5.78. The van der Waals surface area contributed by atoms with Crippen molar-refractivity contribution in [2.75, 3.05) is 25.2 Å². The SMILES string of the molecule is CO[C@@]1(CNC(=O)c2cc(Br)cs2)CCSC1. The lowest BCUT2D eigenvalue weighted by atomic mass is 10.0. The summed E-state index contributed by atoms with van der Waals surface area (Å²) in [5, 5.41) is 4.87. The maximum Gasteiger partial charge on any atom is 0.261 e. The van der Waals surface area contributed by atoms with Crippen LogP contribution in [0.15, 0.2) is 15.9 Å². The highest BCUT2D eigenvalue weighted by Crippen LogP contribution is 2.30. The number of amides is 1. The van der Waals surface area contributed by atoms with Crippen molar-refractivity contribution >= 4 is 44.9 Å². The molecule has 94 valence electrons. The summed E-state index contributed by atoms with van der Waals surface area (Å²) in [4.78, 5) is 12.6. The van der Waals surface area contributed by atoms with E-state index in [4.69, 9.17) is 4.74 Å². The first-order valence-corrected chi connectivity index (χ1v) is 8.13. The molecular weight excluding hydrogens is 322 g/mol. The van der Waals surface area contributed by atoms with Gasteiger partial charge in [0.05, 0.1) is 10.5 Å². The predicted octanol–water partition coefficient (Wildman–Crippen LogP) is 2.76. The topological polar surface area (TPSA) is 38.3 Å². The van der Waals surface area contributed by atoms with E-state index >= 15 is 0 Å². The van der Waals surface area contributed by atoms with Crippen LogP contribution in [-0.2, 0) is 4.74 Å². The van der Waals surface area contributed by atoms with Crippen molar-refractivity contribution in [1.82, 2.24) is 5.32 Å². The minimum atomic E-state index is -0.172. The number of hydrogen-bond acceptors (Lipinski definition) is 4. The van der Waals surface area contributed by atoms with Crippen LogP contribution in [-0.4, -0.2) is 36.7 Å². The number of rotatable bonds is 4. The van der Waals surface area contributed by atoms with Gasteiger partial charge in [-0.2, -0.15) is 11.8 Å². The zero-order valence-electron chi connectivity index (χ0n) is 9.49. The molecule has 1 atom stereocenters. The molecule has 1 aliphatic rings. The molecule has 0 bridgehead atoms. The summed E-state index contributed by atoms with van der Waals surface area (Å²) in [5.41, 5.74) is -0.172. The Labute approximate surface area is 117 Å². The predicted molar refractivity (Wildman–Crippen MR) is 76.0 cm³/mol. The first-order valence-electron chi connectivity index (χ1n) is 5.30. The van der Waals surface area contributed by atoms with Crippen LogP contribution >= 0.6 is 39.0 Å². The largest absolute Gasteiger partial charge is 0.376 e. The fourth-order valence-electron chi connectivity index (χ4n) is 1.72. The Morgan fingerprint density at radius 2 is 2.53 bits per heavy atom. The van der Waals surface area contributed by atoms with Crippen LogP contribution in [0, 0.1) is 0 Å². The average molecular weight is 336 g/mol. The molecule has 6 heteroatoms. The number of thiophene rings is 1. The van der Waals surface area contributed by atoms with Gasteiger partial charge in [0.25, 0.3) is 5.91 Å². The molecule has 1 aromatic rings. The molecule has 1 N–H and O–H groups in total. The number of ether oxygens (including phenoxy) is 1. The third-order valence-electron chi connectivity index (χ3n) is 2.86. The smallest absolute Gasteiger partial charge is 0.261 e. The molecule has 0 radical (unpaired) electrons. The van der Waals surface area contributed by atoms with Gasteiger partial charge in [0.1, 0.15) is 0 Å². The molecule has 17 heavy (non-hydrogen) atoms. The first kappa shape index (κ1) is 13.4. The molecule has 0 saturated carbocycles. The molecule has 0 spiro atoms. The van der Waals surface area contributed by atoms with E-state index in [1.807, 2.05) is 23.2 Å². The summed E-state index contributed by atoms with van der Waals surface area (Å²) in [7, 11) is 1.72. The van der Waals surface area contributed by atoms with E-state index in [1.165, 1.54) is 11.3 Å². The highest BCUT2D eigenvalue weighted by Gasteiger charge is 2.34. The summed E-state index contributed by atoms with van der Waals surface area (Å²) >= 11 is 6.66. The molecule has 2 rings (SSSR count). The molecule has 1 aliphatic heterocycles. The lowest BCUT2D eigenvalue weighted by Crippen LogP contribution is -2.44. The molecule has 1 amide bonds. The van der Waals surface area contributed by atoms with E-state index in [1.54, 1.807) is 7.11 Å². The van der Waals surface area contributed by atoms with Crippen molar-refractivity contribution in [3.8, 4) is 0 Å². The molecule has 2 heterocycles. The third kappa shape index (κ3) is 3.24. The maximum absolute atomic E-state index is 11.9. The summed E-state index contributed by atoms with van der Waals surface area (Å²) in [6, 6.07) is 1.84. The van der Waals surface area contributed by atoms with Crippen LogP contribution in [0.5, 0.6) is 0 Å². The number of thioether (sulfide) groups is 1. The zero-order valence-corrected chi connectivity index (χ0v) is 12.7. The Kier molecular flexibility index (Phi) is 4.52. The summed E-state index contributed by atoms with van der Waals surface area (Å²) in [6.45, 7) is 0.588. The fourth-order valence-corrected chi connectivity index (χ4v) is 4.46. The average Bonchev–Trinajstić information content (AvgIpc) is 2.95. The van der Waals surface area contributed by atoms with Crippen LogP contribution in [0.2, 0.25) is 0 Å². The molecule has 1 aromatic heterocycles. The van der Waals surface area contributed by atoms with Gasteiger partial charge in [-0.1, -0.05) is 0 Å². The number of carbonyl (C=O) groups is 1. The van der Waals surface area contributed by atoms with Crippen LogP contribution in [0.1, 0.15) is 16.1 Å². The van der Waals surface area contributed by atoms with E-state index in [0.717, 1.165) is 27.3 Å². The van der Waals surface area contributed by atoms with Gasteiger partial charge in [-0.25, -0.2) is 0 Å². The van der Waals surface area contributed by atoms with E-state index in [2.05, 4.69) is 21.2 Å². The second-order valence-electron chi connectivity index (χ2n) is 4.00. The van der Waals surface area contributed by atoms with Crippen molar-refractivity contribution in [2.45, 2.75) is 12.0 Å². The van der Waals surface area contributed by atoms with Gasteiger partial charge >= 0.3 is 0 Å². The molecule has 3 nitrogen and oxygen atoms in total. The standard InChI is InChI=1S/C11H14BrNO2S2/c1-15-11(2-3-16-7-11)6-13-10(14)9-4-8(12)5-17-9/h4-5H,2-3,6-7H2,1H3,(H,13,14)/t11-/m1/s1. The highest BCUT2D eigenvalue weighted by atomic mass is 79.9. The zero-order chi connectivity index (χ0) is 12.3. The van der Waals surface area contributed by atoms with Crippen molar-refractivity contribution in [3.05, 3.63) is 20.8 Å². The number of nitrogens with one attached hydrogen (secondary N) is 1. The Hall–Kier alpha value is -0.0400. The molecule has 1 fully saturated rings. The van der Waals surface area contributed by atoms with Crippen LogP contribution in [0.3, 0.4) is 0 Å². The Bertz CT molecular complexity index is 402. The van der Waals surface area contributed by atoms with E-state index in [0.29, 0.717) is 6.54 Å². The Balaban J connectivity index is 1.91. The van der Waals surface area contributed by atoms with Gasteiger partial charge in [-0.15, -0.1) is 11.3 Å². The maximum atomic E-state index is 11.9. The van der Waals surface area contributed by atoms with E-state index in [9.17, 15) is 4.79 Å². The van der Waals surface area contributed by atoms with Gasteiger partial charge in [-0.3, -0.25) is 4.79 Å². The van der Waals surface area contributed by atoms with Crippen LogP contribution < -0.4 is 5.32 Å². The van der Waals surface area contributed by atoms with Crippen LogP contribution in [0.4, 0.5) is 0 Å². The summed E-state index contributed by atoms with van der Waals surface area (Å²) < 4.78 is 6.50. The van der Waals surface area contributed by atoms with Crippen molar-refractivity contribution in [3.63, 3.8) is 0 Å². The molecule has 0 aromatic carbocycles. The molecule has 0 unspecified atom stereocenters. The minimum absolute atomic E-state index is 0.0194. The molecule has 0 aliphatic carbocycles. The van der Waals surface area contributed by atoms with Crippen molar-refractivity contribution in [2.24, 2.45) is 0 Å². The van der Waals surface area contributed by atoms with Crippen molar-refractivity contribution < 1.29 is 9.53 Å². The summed E-state index contributed by atoms with van der Waals surface area (Å²) in [5.74, 6) is 2.04.